The van der Waals surface area contributed by atoms with Crippen molar-refractivity contribution in [2.24, 2.45) is 0 Å². The Morgan fingerprint density at radius 3 is 0.953 bits per heavy atom. The number of nitrogens with zero attached hydrogens (tertiary/aromatic N) is 1. The van der Waals surface area contributed by atoms with Crippen molar-refractivity contribution >= 4 is 17.1 Å². The quantitative estimate of drug-likeness (QED) is 0.161. The minimum atomic E-state index is -0.202. The highest BCUT2D eigenvalue weighted by molar-refractivity contribution is 5.91. The molecule has 0 fully saturated rings. The van der Waals surface area contributed by atoms with Crippen LogP contribution in [0, 0.1) is 0 Å². The normalized spacial score (nSPS) is 15.1. The van der Waals surface area contributed by atoms with Gasteiger partial charge < -0.3 is 4.90 Å². The highest BCUT2D eigenvalue weighted by Gasteiger charge is 2.40. The molecule has 1 nitrogen and oxygen atoms in total. The van der Waals surface area contributed by atoms with Crippen molar-refractivity contribution in [1.29, 1.82) is 0 Å². The summed E-state index contributed by atoms with van der Waals surface area (Å²) in [6.45, 7) is 14.4. The van der Waals surface area contributed by atoms with E-state index in [0.29, 0.717) is 0 Å². The highest BCUT2D eigenvalue weighted by Crippen LogP contribution is 2.55. The van der Waals surface area contributed by atoms with Gasteiger partial charge in [0.05, 0.1) is 0 Å². The first-order chi connectivity index (χ1) is 31.0. The molecule has 308 valence electrons. The van der Waals surface area contributed by atoms with Gasteiger partial charge in [0, 0.05) is 33.3 Å². The van der Waals surface area contributed by atoms with Crippen molar-refractivity contribution < 1.29 is 0 Å². The third kappa shape index (κ3) is 5.70. The number of anilines is 3. The van der Waals surface area contributed by atoms with E-state index in [1.54, 1.807) is 0 Å². The van der Waals surface area contributed by atoms with Crippen LogP contribution in [0.3, 0.4) is 0 Å². The van der Waals surface area contributed by atoms with E-state index < -0.39 is 0 Å². The Labute approximate surface area is 378 Å². The van der Waals surface area contributed by atoms with E-state index >= 15 is 0 Å². The molecule has 9 aromatic rings. The Bertz CT molecular complexity index is 3330. The van der Waals surface area contributed by atoms with Crippen LogP contribution < -0.4 is 4.90 Å². The lowest BCUT2D eigenvalue weighted by molar-refractivity contribution is 0.659. The molecule has 3 aliphatic carbocycles. The number of benzene rings is 9. The Hall–Kier alpha value is -7.22. The van der Waals surface area contributed by atoms with Gasteiger partial charge in [-0.25, -0.2) is 0 Å². The van der Waals surface area contributed by atoms with Gasteiger partial charge in [0.2, 0.25) is 0 Å². The minimum Gasteiger partial charge on any atom is -0.310 e. The maximum Gasteiger partial charge on any atom is 0.0465 e. The molecular weight excluding hydrogens is 771 g/mol. The summed E-state index contributed by atoms with van der Waals surface area (Å²) in [6.07, 6.45) is 0. The summed E-state index contributed by atoms with van der Waals surface area (Å²) in [6, 6.07) is 75.1. The van der Waals surface area contributed by atoms with Crippen molar-refractivity contribution in [1.82, 2.24) is 0 Å². The molecule has 12 rings (SSSR count). The van der Waals surface area contributed by atoms with Gasteiger partial charge in [-0.2, -0.15) is 0 Å². The van der Waals surface area contributed by atoms with E-state index in [0.717, 1.165) is 0 Å². The highest BCUT2D eigenvalue weighted by atomic mass is 15.1. The third-order valence-electron chi connectivity index (χ3n) is 15.1. The maximum atomic E-state index is 2.52. The van der Waals surface area contributed by atoms with Gasteiger partial charge in [-0.05, 0) is 149 Å². The van der Waals surface area contributed by atoms with Crippen LogP contribution in [0.15, 0.2) is 200 Å². The van der Waals surface area contributed by atoms with Gasteiger partial charge >= 0.3 is 0 Å². The molecule has 0 saturated heterocycles. The second-order valence-electron chi connectivity index (χ2n) is 19.8. The SMILES string of the molecule is CC1(C)c2ccccc2-c2ccc(N(c3ccc4c(c3)C(C)(C)c3cc(-c5ccccc5)ccc3-4)c3ccc4c(c3)C(C)(C)c3cc(-c5ccc(-c6ccccc6)cc5)ccc3-4)cc21. The maximum absolute atomic E-state index is 2.52. The Morgan fingerprint density at radius 2 is 0.516 bits per heavy atom. The van der Waals surface area contributed by atoms with Gasteiger partial charge in [-0.3, -0.25) is 0 Å². The van der Waals surface area contributed by atoms with Gasteiger partial charge in [0.1, 0.15) is 0 Å². The van der Waals surface area contributed by atoms with E-state index in [9.17, 15) is 0 Å². The summed E-state index contributed by atoms with van der Waals surface area (Å²) >= 11 is 0. The van der Waals surface area contributed by atoms with Crippen LogP contribution >= 0.6 is 0 Å². The first-order valence-corrected chi connectivity index (χ1v) is 22.8. The van der Waals surface area contributed by atoms with Crippen LogP contribution in [-0.4, -0.2) is 0 Å². The molecule has 9 aromatic carbocycles. The first kappa shape index (κ1) is 38.5. The molecule has 0 bridgehead atoms. The summed E-state index contributed by atoms with van der Waals surface area (Å²) in [4.78, 5) is 2.52. The monoisotopic (exact) mass is 821 g/mol. The largest absolute Gasteiger partial charge is 0.310 e. The molecule has 0 atom stereocenters. The zero-order chi connectivity index (χ0) is 43.5. The molecule has 0 heterocycles. The van der Waals surface area contributed by atoms with Gasteiger partial charge in [0.25, 0.3) is 0 Å². The number of rotatable bonds is 6. The molecule has 64 heavy (non-hydrogen) atoms. The molecular formula is C63H51N. The van der Waals surface area contributed by atoms with E-state index in [1.807, 2.05) is 0 Å². The summed E-state index contributed by atoms with van der Waals surface area (Å²) in [5, 5.41) is 0. The Balaban J connectivity index is 0.969. The summed E-state index contributed by atoms with van der Waals surface area (Å²) in [5.41, 5.74) is 26.7. The molecule has 0 spiro atoms. The number of hydrogen-bond donors (Lipinski definition) is 0. The fraction of sp³-hybridized carbons (Fsp3) is 0.143. The van der Waals surface area contributed by atoms with Crippen molar-refractivity contribution in [3.05, 3.63) is 234 Å². The van der Waals surface area contributed by atoms with E-state index in [-0.39, 0.29) is 16.2 Å². The van der Waals surface area contributed by atoms with Crippen LogP contribution in [0.25, 0.3) is 66.8 Å². The lowest BCUT2D eigenvalue weighted by Crippen LogP contribution is -2.19. The fourth-order valence-electron chi connectivity index (χ4n) is 11.5. The first-order valence-electron chi connectivity index (χ1n) is 22.8. The average Bonchev–Trinajstić information content (AvgIpc) is 3.81. The molecule has 1 heteroatoms. The van der Waals surface area contributed by atoms with Gasteiger partial charge in [0.15, 0.2) is 0 Å². The van der Waals surface area contributed by atoms with Crippen LogP contribution in [0.2, 0.25) is 0 Å². The van der Waals surface area contributed by atoms with Crippen molar-refractivity contribution in [3.63, 3.8) is 0 Å². The van der Waals surface area contributed by atoms with Crippen LogP contribution in [0.1, 0.15) is 74.9 Å². The number of hydrogen-bond acceptors (Lipinski definition) is 1. The standard InChI is InChI=1S/C63H51N/c1-61(2)55-20-14-13-19-49(55)52-32-27-46(37-58(52)61)64(47-28-33-53-50-30-25-44(41-17-11-8-12-18-41)35-56(50)62(3,4)59(53)38-47)48-29-34-54-51-31-26-45(36-57(51)63(5,6)60(54)39-48)43-23-21-42(22-24-43)40-15-9-7-10-16-40/h7-39H,1-6H3. The summed E-state index contributed by atoms with van der Waals surface area (Å²) in [7, 11) is 0. The molecule has 0 N–H and O–H groups in total. The van der Waals surface area contributed by atoms with Crippen molar-refractivity contribution in [2.75, 3.05) is 4.90 Å². The van der Waals surface area contributed by atoms with Gasteiger partial charge in [-0.1, -0.05) is 193 Å². The zero-order valence-electron chi connectivity index (χ0n) is 37.5. The zero-order valence-corrected chi connectivity index (χ0v) is 37.5. The van der Waals surface area contributed by atoms with E-state index in [2.05, 4.69) is 247 Å². The molecule has 0 aliphatic heterocycles. The van der Waals surface area contributed by atoms with Crippen molar-refractivity contribution in [3.8, 4) is 66.8 Å². The molecule has 0 unspecified atom stereocenters. The van der Waals surface area contributed by atoms with E-state index in [4.69, 9.17) is 0 Å². The van der Waals surface area contributed by atoms with Crippen LogP contribution in [0.4, 0.5) is 17.1 Å². The molecule has 0 saturated carbocycles. The average molecular weight is 822 g/mol. The lowest BCUT2D eigenvalue weighted by Gasteiger charge is -2.31. The smallest absolute Gasteiger partial charge is 0.0465 e. The summed E-state index contributed by atoms with van der Waals surface area (Å²) < 4.78 is 0. The lowest BCUT2D eigenvalue weighted by atomic mass is 9.81. The second kappa shape index (κ2) is 13.9. The molecule has 0 amide bonds. The molecule has 0 aromatic heterocycles. The topological polar surface area (TPSA) is 3.24 Å². The van der Waals surface area contributed by atoms with Crippen molar-refractivity contribution in [2.45, 2.75) is 57.8 Å². The van der Waals surface area contributed by atoms with Gasteiger partial charge in [-0.15, -0.1) is 0 Å². The predicted octanol–water partition coefficient (Wildman–Crippen LogP) is 17.1. The third-order valence-corrected chi connectivity index (χ3v) is 15.1. The fourth-order valence-corrected chi connectivity index (χ4v) is 11.5. The molecule has 3 aliphatic rings. The Kier molecular flexibility index (Phi) is 8.35. The Morgan fingerprint density at radius 1 is 0.234 bits per heavy atom. The predicted molar refractivity (Wildman–Crippen MR) is 270 cm³/mol. The minimum absolute atomic E-state index is 0.118. The number of fused-ring (bicyclic) bond motifs is 9. The van der Waals surface area contributed by atoms with Crippen LogP contribution in [0.5, 0.6) is 0 Å². The van der Waals surface area contributed by atoms with E-state index in [1.165, 1.54) is 117 Å². The summed E-state index contributed by atoms with van der Waals surface area (Å²) in [5.74, 6) is 0. The van der Waals surface area contributed by atoms with Crippen LogP contribution in [-0.2, 0) is 16.2 Å². The second-order valence-corrected chi connectivity index (χ2v) is 19.8. The molecule has 0 radical (unpaired) electrons.